The number of aryl methyl sites for hydroxylation is 1. The van der Waals surface area contributed by atoms with Crippen molar-refractivity contribution in [2.24, 2.45) is 0 Å². The van der Waals surface area contributed by atoms with Crippen LogP contribution in [-0.4, -0.2) is 49.0 Å². The lowest BCUT2D eigenvalue weighted by atomic mass is 10.0. The van der Waals surface area contributed by atoms with E-state index in [0.29, 0.717) is 12.5 Å². The van der Waals surface area contributed by atoms with Gasteiger partial charge in [0.05, 0.1) is 7.11 Å². The number of likely N-dealkylation sites (N-methyl/N-ethyl adjacent to an activating group) is 1. The lowest BCUT2D eigenvalue weighted by Gasteiger charge is -2.38. The van der Waals surface area contributed by atoms with E-state index in [1.807, 2.05) is 30.3 Å². The molecule has 0 aliphatic carbocycles. The highest BCUT2D eigenvalue weighted by atomic mass is 16.5. The fourth-order valence-corrected chi connectivity index (χ4v) is 3.74. The van der Waals surface area contributed by atoms with E-state index in [4.69, 9.17) is 4.74 Å². The number of piperidine rings is 1. The maximum absolute atomic E-state index is 12.7. The molecule has 144 valence electrons. The van der Waals surface area contributed by atoms with Gasteiger partial charge in [0.2, 0.25) is 5.91 Å². The first-order chi connectivity index (χ1) is 13.2. The van der Waals surface area contributed by atoms with Crippen LogP contribution in [0.1, 0.15) is 30.4 Å². The molecule has 0 aromatic heterocycles. The Hall–Kier alpha value is -2.33. The van der Waals surface area contributed by atoms with E-state index in [9.17, 15) is 4.79 Å². The van der Waals surface area contributed by atoms with Gasteiger partial charge < -0.3 is 9.64 Å². The van der Waals surface area contributed by atoms with Gasteiger partial charge in [-0.15, -0.1) is 0 Å². The van der Waals surface area contributed by atoms with Crippen molar-refractivity contribution in [3.05, 3.63) is 65.7 Å². The molecule has 2 aromatic carbocycles. The van der Waals surface area contributed by atoms with Gasteiger partial charge in [-0.25, -0.2) is 0 Å². The van der Waals surface area contributed by atoms with Gasteiger partial charge in [-0.05, 0) is 49.6 Å². The number of hydrogen-bond acceptors (Lipinski definition) is 3. The van der Waals surface area contributed by atoms with Gasteiger partial charge in [0.25, 0.3) is 0 Å². The summed E-state index contributed by atoms with van der Waals surface area (Å²) in [5.74, 6) is 1.12. The first-order valence-electron chi connectivity index (χ1n) is 9.80. The van der Waals surface area contributed by atoms with Crippen molar-refractivity contribution in [2.75, 3.05) is 27.2 Å². The predicted octanol–water partition coefficient (Wildman–Crippen LogP) is 3.75. The van der Waals surface area contributed by atoms with E-state index in [1.54, 1.807) is 7.11 Å². The van der Waals surface area contributed by atoms with Crippen molar-refractivity contribution < 1.29 is 9.53 Å². The lowest BCUT2D eigenvalue weighted by Crippen LogP contribution is -2.48. The SMILES string of the molecule is COc1ccc(CCC(=O)N2CCC[C@@H](N(C)Cc3ccccc3)C2)cc1. The molecule has 1 aliphatic heterocycles. The third-order valence-electron chi connectivity index (χ3n) is 5.43. The summed E-state index contributed by atoms with van der Waals surface area (Å²) in [5.41, 5.74) is 2.50. The normalized spacial score (nSPS) is 17.1. The Morgan fingerprint density at radius 3 is 2.56 bits per heavy atom. The Labute approximate surface area is 162 Å². The average molecular weight is 367 g/mol. The zero-order valence-electron chi connectivity index (χ0n) is 16.4. The van der Waals surface area contributed by atoms with Crippen molar-refractivity contribution in [2.45, 2.75) is 38.3 Å². The summed E-state index contributed by atoms with van der Waals surface area (Å²) in [7, 11) is 3.84. The highest BCUT2D eigenvalue weighted by Gasteiger charge is 2.26. The summed E-state index contributed by atoms with van der Waals surface area (Å²) < 4.78 is 5.19. The topological polar surface area (TPSA) is 32.8 Å². The van der Waals surface area contributed by atoms with Gasteiger partial charge in [-0.2, -0.15) is 0 Å². The molecule has 0 N–H and O–H groups in total. The number of amides is 1. The fourth-order valence-electron chi connectivity index (χ4n) is 3.74. The molecule has 0 unspecified atom stereocenters. The number of methoxy groups -OCH3 is 1. The summed E-state index contributed by atoms with van der Waals surface area (Å²) in [5, 5.41) is 0. The van der Waals surface area contributed by atoms with Crippen LogP contribution in [0.3, 0.4) is 0 Å². The number of rotatable bonds is 7. The molecule has 2 aromatic rings. The van der Waals surface area contributed by atoms with Crippen LogP contribution in [0.4, 0.5) is 0 Å². The Bertz CT molecular complexity index is 715. The molecular weight excluding hydrogens is 336 g/mol. The summed E-state index contributed by atoms with van der Waals surface area (Å²) in [4.78, 5) is 17.1. The third kappa shape index (κ3) is 5.57. The molecule has 1 fully saturated rings. The van der Waals surface area contributed by atoms with Crippen molar-refractivity contribution in [1.29, 1.82) is 0 Å². The maximum Gasteiger partial charge on any atom is 0.222 e. The molecular formula is C23H30N2O2. The zero-order chi connectivity index (χ0) is 19.1. The van der Waals surface area contributed by atoms with Crippen LogP contribution in [0.2, 0.25) is 0 Å². The Balaban J connectivity index is 1.49. The number of nitrogens with zero attached hydrogens (tertiary/aromatic N) is 2. The van der Waals surface area contributed by atoms with Crippen LogP contribution in [-0.2, 0) is 17.8 Å². The van der Waals surface area contributed by atoms with Crippen LogP contribution in [0, 0.1) is 0 Å². The van der Waals surface area contributed by atoms with Crippen LogP contribution >= 0.6 is 0 Å². The monoisotopic (exact) mass is 366 g/mol. The minimum absolute atomic E-state index is 0.267. The van der Waals surface area contributed by atoms with E-state index in [-0.39, 0.29) is 5.91 Å². The molecule has 1 amide bonds. The number of ether oxygens (including phenoxy) is 1. The number of hydrogen-bond donors (Lipinski definition) is 0. The Morgan fingerprint density at radius 2 is 1.85 bits per heavy atom. The quantitative estimate of drug-likeness (QED) is 0.748. The number of carbonyl (C=O) groups is 1. The zero-order valence-corrected chi connectivity index (χ0v) is 16.4. The van der Waals surface area contributed by atoms with E-state index in [0.717, 1.165) is 44.6 Å². The highest BCUT2D eigenvalue weighted by Crippen LogP contribution is 2.19. The lowest BCUT2D eigenvalue weighted by molar-refractivity contribution is -0.133. The van der Waals surface area contributed by atoms with Gasteiger partial charge in [0, 0.05) is 32.1 Å². The van der Waals surface area contributed by atoms with Crippen LogP contribution in [0.25, 0.3) is 0 Å². The maximum atomic E-state index is 12.7. The number of benzene rings is 2. The van der Waals surface area contributed by atoms with Gasteiger partial charge >= 0.3 is 0 Å². The highest BCUT2D eigenvalue weighted by molar-refractivity contribution is 5.76. The summed E-state index contributed by atoms with van der Waals surface area (Å²) in [6, 6.07) is 19.0. The predicted molar refractivity (Wildman–Crippen MR) is 109 cm³/mol. The van der Waals surface area contributed by atoms with E-state index >= 15 is 0 Å². The second-order valence-corrected chi connectivity index (χ2v) is 7.38. The number of carbonyl (C=O) groups excluding carboxylic acids is 1. The third-order valence-corrected chi connectivity index (χ3v) is 5.43. The van der Waals surface area contributed by atoms with Gasteiger partial charge in [0.15, 0.2) is 0 Å². The molecule has 0 spiro atoms. The van der Waals surface area contributed by atoms with E-state index in [1.165, 1.54) is 11.1 Å². The van der Waals surface area contributed by atoms with E-state index in [2.05, 4.69) is 41.1 Å². The molecule has 4 nitrogen and oxygen atoms in total. The first kappa shape index (κ1) is 19.4. The smallest absolute Gasteiger partial charge is 0.222 e. The van der Waals surface area contributed by atoms with E-state index < -0.39 is 0 Å². The van der Waals surface area contributed by atoms with Crippen molar-refractivity contribution in [3.63, 3.8) is 0 Å². The van der Waals surface area contributed by atoms with Crippen molar-refractivity contribution in [3.8, 4) is 5.75 Å². The largest absolute Gasteiger partial charge is 0.497 e. The van der Waals surface area contributed by atoms with Gasteiger partial charge in [-0.1, -0.05) is 42.5 Å². The molecule has 1 heterocycles. The molecule has 0 radical (unpaired) electrons. The summed E-state index contributed by atoms with van der Waals surface area (Å²) in [6.07, 6.45) is 3.59. The standard InChI is InChI=1S/C23H30N2O2/c1-24(17-20-7-4-3-5-8-20)21-9-6-16-25(18-21)23(26)15-12-19-10-13-22(27-2)14-11-19/h3-5,7-8,10-11,13-14,21H,6,9,12,15-18H2,1-2H3/t21-/m1/s1. The Kier molecular flexibility index (Phi) is 6.88. The van der Waals surface area contributed by atoms with Crippen LogP contribution in [0.15, 0.2) is 54.6 Å². The average Bonchev–Trinajstić information content (AvgIpc) is 2.73. The fraction of sp³-hybridized carbons (Fsp3) is 0.435. The van der Waals surface area contributed by atoms with Crippen molar-refractivity contribution >= 4 is 5.91 Å². The number of likely N-dealkylation sites (tertiary alicyclic amines) is 1. The molecule has 0 saturated carbocycles. The van der Waals surface area contributed by atoms with Crippen LogP contribution in [0.5, 0.6) is 5.75 Å². The van der Waals surface area contributed by atoms with Crippen molar-refractivity contribution in [1.82, 2.24) is 9.80 Å². The second kappa shape index (κ2) is 9.56. The molecule has 1 atom stereocenters. The molecule has 4 heteroatoms. The van der Waals surface area contributed by atoms with Gasteiger partial charge in [0.1, 0.15) is 5.75 Å². The molecule has 27 heavy (non-hydrogen) atoms. The second-order valence-electron chi connectivity index (χ2n) is 7.38. The summed E-state index contributed by atoms with van der Waals surface area (Å²) >= 11 is 0. The van der Waals surface area contributed by atoms with Gasteiger partial charge in [-0.3, -0.25) is 9.69 Å². The minimum atomic E-state index is 0.267. The molecule has 0 bridgehead atoms. The molecule has 1 aliphatic rings. The minimum Gasteiger partial charge on any atom is -0.497 e. The Morgan fingerprint density at radius 1 is 1.11 bits per heavy atom. The molecule has 1 saturated heterocycles. The van der Waals surface area contributed by atoms with Crippen LogP contribution < -0.4 is 4.74 Å². The first-order valence-corrected chi connectivity index (χ1v) is 9.80. The molecule has 3 rings (SSSR count). The summed E-state index contributed by atoms with van der Waals surface area (Å²) in [6.45, 7) is 2.65.